The number of nitrogens with one attached hydrogen (secondary N) is 1. The van der Waals surface area contributed by atoms with E-state index in [0.717, 1.165) is 17.0 Å². The fourth-order valence-electron chi connectivity index (χ4n) is 2.07. The van der Waals surface area contributed by atoms with Gasteiger partial charge in [-0.15, -0.1) is 0 Å². The number of rotatable bonds is 6. The van der Waals surface area contributed by atoms with Gasteiger partial charge in [-0.05, 0) is 43.4 Å². The predicted molar refractivity (Wildman–Crippen MR) is 87.1 cm³/mol. The van der Waals surface area contributed by atoms with E-state index < -0.39 is 0 Å². The molecular formula is C14H19N3O2S2. The van der Waals surface area contributed by atoms with Crippen LogP contribution in [0, 0.1) is 6.92 Å². The SMILES string of the molecule is Cc1csc(=O)n1CC(=O)NC[C@H](c1ccsc1)N(C)C. The Morgan fingerprint density at radius 1 is 1.43 bits per heavy atom. The molecule has 0 aromatic carbocycles. The molecule has 114 valence electrons. The Kier molecular flexibility index (Phi) is 5.33. The van der Waals surface area contributed by atoms with Gasteiger partial charge in [0.1, 0.15) is 6.54 Å². The summed E-state index contributed by atoms with van der Waals surface area (Å²) in [5.41, 5.74) is 2.01. The number of hydrogen-bond donors (Lipinski definition) is 1. The third-order valence-corrected chi connectivity index (χ3v) is 4.90. The third-order valence-electron chi connectivity index (χ3n) is 3.32. The summed E-state index contributed by atoms with van der Waals surface area (Å²) in [7, 11) is 3.98. The quantitative estimate of drug-likeness (QED) is 0.879. The Morgan fingerprint density at radius 3 is 2.71 bits per heavy atom. The third kappa shape index (κ3) is 4.03. The lowest BCUT2D eigenvalue weighted by atomic mass is 10.1. The van der Waals surface area contributed by atoms with Crippen LogP contribution in [0.5, 0.6) is 0 Å². The van der Waals surface area contributed by atoms with Crippen LogP contribution in [0.3, 0.4) is 0 Å². The van der Waals surface area contributed by atoms with E-state index in [4.69, 9.17) is 0 Å². The first-order valence-corrected chi connectivity index (χ1v) is 8.41. The lowest BCUT2D eigenvalue weighted by molar-refractivity contribution is -0.121. The Bertz CT molecular complexity index is 643. The van der Waals surface area contributed by atoms with Gasteiger partial charge in [0.15, 0.2) is 0 Å². The summed E-state index contributed by atoms with van der Waals surface area (Å²) < 4.78 is 1.50. The number of thiophene rings is 1. The van der Waals surface area contributed by atoms with Crippen molar-refractivity contribution in [2.75, 3.05) is 20.6 Å². The summed E-state index contributed by atoms with van der Waals surface area (Å²) in [5.74, 6) is -0.138. The summed E-state index contributed by atoms with van der Waals surface area (Å²) >= 11 is 2.76. The highest BCUT2D eigenvalue weighted by Crippen LogP contribution is 2.19. The number of carbonyl (C=O) groups is 1. The number of carbonyl (C=O) groups excluding carboxylic acids is 1. The van der Waals surface area contributed by atoms with Crippen LogP contribution in [0.2, 0.25) is 0 Å². The van der Waals surface area contributed by atoms with E-state index in [1.807, 2.05) is 26.4 Å². The largest absolute Gasteiger partial charge is 0.353 e. The van der Waals surface area contributed by atoms with Crippen LogP contribution in [0.25, 0.3) is 0 Å². The molecule has 0 saturated heterocycles. The summed E-state index contributed by atoms with van der Waals surface area (Å²) in [6.07, 6.45) is 0. The second kappa shape index (κ2) is 7.02. The first-order chi connectivity index (χ1) is 9.99. The van der Waals surface area contributed by atoms with Gasteiger partial charge in [-0.3, -0.25) is 14.2 Å². The van der Waals surface area contributed by atoms with Crippen molar-refractivity contribution in [3.8, 4) is 0 Å². The molecule has 1 atom stereocenters. The van der Waals surface area contributed by atoms with Crippen LogP contribution in [0.4, 0.5) is 0 Å². The molecule has 2 rings (SSSR count). The molecule has 0 fully saturated rings. The summed E-state index contributed by atoms with van der Waals surface area (Å²) in [5, 5.41) is 8.80. The molecule has 0 aliphatic carbocycles. The molecule has 0 unspecified atom stereocenters. The van der Waals surface area contributed by atoms with Crippen LogP contribution in [-0.4, -0.2) is 36.0 Å². The van der Waals surface area contributed by atoms with Crippen molar-refractivity contribution in [3.05, 3.63) is 43.1 Å². The number of hydrogen-bond acceptors (Lipinski definition) is 5. The van der Waals surface area contributed by atoms with Gasteiger partial charge in [-0.25, -0.2) is 0 Å². The molecule has 2 heterocycles. The van der Waals surface area contributed by atoms with Crippen LogP contribution < -0.4 is 10.2 Å². The molecular weight excluding hydrogens is 306 g/mol. The summed E-state index contributed by atoms with van der Waals surface area (Å²) in [6.45, 7) is 2.44. The van der Waals surface area contributed by atoms with E-state index in [-0.39, 0.29) is 23.4 Å². The first-order valence-electron chi connectivity index (χ1n) is 6.59. The maximum atomic E-state index is 12.0. The standard InChI is InChI=1S/C14H19N3O2S2/c1-10-8-21-14(19)17(10)7-13(18)15-6-12(16(2)3)11-4-5-20-9-11/h4-5,8-9,12H,6-7H2,1-3H3,(H,15,18)/t12-/m1/s1. The van der Waals surface area contributed by atoms with Crippen LogP contribution in [0.1, 0.15) is 17.3 Å². The Hall–Kier alpha value is -1.44. The van der Waals surface area contributed by atoms with Crippen molar-refractivity contribution in [1.82, 2.24) is 14.8 Å². The van der Waals surface area contributed by atoms with Gasteiger partial charge in [0, 0.05) is 17.6 Å². The summed E-state index contributed by atoms with van der Waals surface area (Å²) in [4.78, 5) is 25.6. The maximum Gasteiger partial charge on any atom is 0.307 e. The maximum absolute atomic E-state index is 12.0. The van der Waals surface area contributed by atoms with Gasteiger partial charge in [0.2, 0.25) is 5.91 Å². The molecule has 0 aliphatic rings. The molecule has 2 aromatic heterocycles. The van der Waals surface area contributed by atoms with Crippen LogP contribution in [0.15, 0.2) is 27.0 Å². The minimum Gasteiger partial charge on any atom is -0.353 e. The fraction of sp³-hybridized carbons (Fsp3) is 0.429. The smallest absolute Gasteiger partial charge is 0.307 e. The minimum absolute atomic E-state index is 0.0813. The van der Waals surface area contributed by atoms with E-state index in [1.165, 1.54) is 10.1 Å². The highest BCUT2D eigenvalue weighted by Gasteiger charge is 2.16. The number of thiazole rings is 1. The van der Waals surface area contributed by atoms with Crippen molar-refractivity contribution < 1.29 is 4.79 Å². The van der Waals surface area contributed by atoms with Gasteiger partial charge in [-0.2, -0.15) is 11.3 Å². The fourth-order valence-corrected chi connectivity index (χ4v) is 3.51. The highest BCUT2D eigenvalue weighted by atomic mass is 32.1. The molecule has 0 bridgehead atoms. The molecule has 7 heteroatoms. The number of aromatic nitrogens is 1. The highest BCUT2D eigenvalue weighted by molar-refractivity contribution is 7.08. The average Bonchev–Trinajstić information content (AvgIpc) is 3.04. The van der Waals surface area contributed by atoms with E-state index in [2.05, 4.69) is 21.7 Å². The molecule has 1 amide bonds. The molecule has 0 aliphatic heterocycles. The zero-order valence-electron chi connectivity index (χ0n) is 12.3. The van der Waals surface area contributed by atoms with Crippen LogP contribution in [-0.2, 0) is 11.3 Å². The number of nitrogens with zero attached hydrogens (tertiary/aromatic N) is 2. The van der Waals surface area contributed by atoms with Gasteiger partial charge in [-0.1, -0.05) is 11.3 Å². The second-order valence-electron chi connectivity index (χ2n) is 5.07. The van der Waals surface area contributed by atoms with E-state index in [9.17, 15) is 9.59 Å². The second-order valence-corrected chi connectivity index (χ2v) is 6.67. The van der Waals surface area contributed by atoms with Crippen molar-refractivity contribution in [3.63, 3.8) is 0 Å². The van der Waals surface area contributed by atoms with Crippen molar-refractivity contribution in [2.24, 2.45) is 0 Å². The molecule has 0 saturated carbocycles. The Labute approximate surface area is 131 Å². The monoisotopic (exact) mass is 325 g/mol. The number of amides is 1. The molecule has 1 N–H and O–H groups in total. The predicted octanol–water partition coefficient (Wildman–Crippen LogP) is 1.70. The van der Waals surface area contributed by atoms with E-state index >= 15 is 0 Å². The zero-order valence-corrected chi connectivity index (χ0v) is 14.0. The number of likely N-dealkylation sites (N-methyl/N-ethyl adjacent to an activating group) is 1. The lowest BCUT2D eigenvalue weighted by Gasteiger charge is -2.24. The Morgan fingerprint density at radius 2 is 2.19 bits per heavy atom. The Balaban J connectivity index is 1.95. The van der Waals surface area contributed by atoms with Gasteiger partial charge in [0.05, 0.1) is 6.04 Å². The van der Waals surface area contributed by atoms with E-state index in [0.29, 0.717) is 6.54 Å². The molecule has 0 spiro atoms. The first kappa shape index (κ1) is 15.9. The average molecular weight is 325 g/mol. The molecule has 5 nitrogen and oxygen atoms in total. The van der Waals surface area contributed by atoms with Crippen molar-refractivity contribution in [1.29, 1.82) is 0 Å². The topological polar surface area (TPSA) is 54.3 Å². The zero-order chi connectivity index (χ0) is 15.4. The van der Waals surface area contributed by atoms with Crippen molar-refractivity contribution >= 4 is 28.6 Å². The van der Waals surface area contributed by atoms with Gasteiger partial charge >= 0.3 is 4.87 Å². The van der Waals surface area contributed by atoms with Crippen molar-refractivity contribution in [2.45, 2.75) is 19.5 Å². The minimum atomic E-state index is -0.138. The van der Waals surface area contributed by atoms with Gasteiger partial charge < -0.3 is 10.2 Å². The number of aryl methyl sites for hydroxylation is 1. The van der Waals surface area contributed by atoms with Gasteiger partial charge in [0.25, 0.3) is 0 Å². The summed E-state index contributed by atoms with van der Waals surface area (Å²) in [6, 6.07) is 2.20. The van der Waals surface area contributed by atoms with E-state index in [1.54, 1.807) is 16.7 Å². The molecule has 0 radical (unpaired) electrons. The van der Waals surface area contributed by atoms with Crippen LogP contribution >= 0.6 is 22.7 Å². The lowest BCUT2D eigenvalue weighted by Crippen LogP contribution is -2.37. The molecule has 2 aromatic rings. The normalized spacial score (nSPS) is 12.6. The molecule has 21 heavy (non-hydrogen) atoms.